The van der Waals surface area contributed by atoms with Gasteiger partial charge in [0.25, 0.3) is 0 Å². The van der Waals surface area contributed by atoms with Crippen LogP contribution in [0.25, 0.3) is 0 Å². The quantitative estimate of drug-likeness (QED) is 0.723. The molecule has 0 saturated heterocycles. The summed E-state index contributed by atoms with van der Waals surface area (Å²) in [7, 11) is 0. The molecule has 4 aliphatic carbocycles. The van der Waals surface area contributed by atoms with Crippen molar-refractivity contribution >= 4 is 5.97 Å². The van der Waals surface area contributed by atoms with Crippen molar-refractivity contribution in [3.63, 3.8) is 0 Å². The van der Waals surface area contributed by atoms with E-state index in [0.29, 0.717) is 5.92 Å². The highest BCUT2D eigenvalue weighted by molar-refractivity contribution is 5.75. The average molecular weight is 336 g/mol. The van der Waals surface area contributed by atoms with Crippen molar-refractivity contribution in [2.24, 2.45) is 34.0 Å². The van der Waals surface area contributed by atoms with Gasteiger partial charge in [0.1, 0.15) is 0 Å². The zero-order valence-electron chi connectivity index (χ0n) is 15.1. The Bertz CT molecular complexity index is 562. The van der Waals surface area contributed by atoms with Crippen molar-refractivity contribution < 1.29 is 20.1 Å². The molecule has 0 heterocycles. The van der Waals surface area contributed by atoms with Gasteiger partial charge < -0.3 is 15.3 Å². The van der Waals surface area contributed by atoms with E-state index in [9.17, 15) is 20.1 Å². The van der Waals surface area contributed by atoms with E-state index in [1.54, 1.807) is 0 Å². The SMILES string of the molecule is C[C@]12CCC[C@](C)(C(=O)O)[C@@H]1CC[C@@]13C[C@@H](CC[C@H]12)[C@@](O)(CO)C3. The van der Waals surface area contributed by atoms with Gasteiger partial charge in [0.15, 0.2) is 0 Å². The number of rotatable bonds is 2. The largest absolute Gasteiger partial charge is 0.481 e. The first-order valence-electron chi connectivity index (χ1n) is 9.77. The fraction of sp³-hybridized carbons (Fsp3) is 0.950. The second-order valence-corrected chi connectivity index (χ2v) is 10.0. The van der Waals surface area contributed by atoms with E-state index in [2.05, 4.69) is 6.92 Å². The fourth-order valence-corrected chi connectivity index (χ4v) is 8.06. The molecule has 24 heavy (non-hydrogen) atoms. The summed E-state index contributed by atoms with van der Waals surface area (Å²) in [4.78, 5) is 12.1. The van der Waals surface area contributed by atoms with E-state index >= 15 is 0 Å². The molecular weight excluding hydrogens is 304 g/mol. The van der Waals surface area contributed by atoms with Crippen LogP contribution in [0.3, 0.4) is 0 Å². The molecule has 4 fully saturated rings. The Hall–Kier alpha value is -0.610. The molecule has 4 saturated carbocycles. The molecule has 4 rings (SSSR count). The maximum atomic E-state index is 12.1. The van der Waals surface area contributed by atoms with Crippen LogP contribution >= 0.6 is 0 Å². The van der Waals surface area contributed by atoms with E-state index in [1.807, 2.05) is 6.92 Å². The van der Waals surface area contributed by atoms with Crippen molar-refractivity contribution in [1.82, 2.24) is 0 Å². The zero-order chi connectivity index (χ0) is 17.4. The van der Waals surface area contributed by atoms with Crippen LogP contribution in [0.4, 0.5) is 0 Å². The third-order valence-corrected chi connectivity index (χ3v) is 9.08. The Balaban J connectivity index is 1.73. The Labute approximate surface area is 144 Å². The monoisotopic (exact) mass is 336 g/mol. The summed E-state index contributed by atoms with van der Waals surface area (Å²) < 4.78 is 0. The van der Waals surface area contributed by atoms with Crippen LogP contribution in [0.15, 0.2) is 0 Å². The highest BCUT2D eigenvalue weighted by Crippen LogP contribution is 2.72. The summed E-state index contributed by atoms with van der Waals surface area (Å²) in [5.41, 5.74) is -1.31. The molecule has 0 radical (unpaired) electrons. The maximum absolute atomic E-state index is 12.1. The van der Waals surface area contributed by atoms with Crippen LogP contribution in [0.1, 0.15) is 71.6 Å². The molecule has 0 aliphatic heterocycles. The van der Waals surface area contributed by atoms with Crippen molar-refractivity contribution in [2.75, 3.05) is 6.61 Å². The molecule has 136 valence electrons. The van der Waals surface area contributed by atoms with Gasteiger partial charge >= 0.3 is 5.97 Å². The van der Waals surface area contributed by atoms with E-state index < -0.39 is 17.0 Å². The molecule has 0 aromatic carbocycles. The van der Waals surface area contributed by atoms with Crippen molar-refractivity contribution in [2.45, 2.75) is 77.2 Å². The maximum Gasteiger partial charge on any atom is 0.309 e. The van der Waals surface area contributed by atoms with Gasteiger partial charge in [-0.15, -0.1) is 0 Å². The molecular formula is C20H32O4. The second kappa shape index (κ2) is 4.97. The van der Waals surface area contributed by atoms with E-state index in [-0.39, 0.29) is 29.3 Å². The molecule has 3 N–H and O–H groups in total. The topological polar surface area (TPSA) is 77.8 Å². The third kappa shape index (κ3) is 1.90. The Kier molecular flexibility index (Phi) is 3.49. The van der Waals surface area contributed by atoms with Crippen molar-refractivity contribution in [1.29, 1.82) is 0 Å². The van der Waals surface area contributed by atoms with Gasteiger partial charge in [-0.05, 0) is 86.9 Å². The minimum absolute atomic E-state index is 0.0648. The summed E-state index contributed by atoms with van der Waals surface area (Å²) in [6, 6.07) is 0. The zero-order valence-corrected chi connectivity index (χ0v) is 15.1. The summed E-state index contributed by atoms with van der Waals surface area (Å²) in [6.45, 7) is 4.19. The average Bonchev–Trinajstić information content (AvgIpc) is 2.73. The highest BCUT2D eigenvalue weighted by atomic mass is 16.4. The van der Waals surface area contributed by atoms with Crippen LogP contribution in [0, 0.1) is 34.0 Å². The van der Waals surface area contributed by atoms with E-state index in [4.69, 9.17) is 0 Å². The summed E-state index contributed by atoms with van der Waals surface area (Å²) >= 11 is 0. The minimum Gasteiger partial charge on any atom is -0.481 e. The number of aliphatic hydroxyl groups is 2. The number of carboxylic acid groups (broad SMARTS) is 1. The fourth-order valence-electron chi connectivity index (χ4n) is 8.06. The standard InChI is InChI=1S/C20H32O4/c1-17-7-3-8-18(2,16(22)23)14(17)6-9-19-10-13(4-5-15(17)19)20(24,11-19)12-21/h13-15,21,24H,3-12H2,1-2H3,(H,22,23)/t13-,14-,15+,17+,18+,19+,20+/m1/s1. The van der Waals surface area contributed by atoms with Gasteiger partial charge in [-0.3, -0.25) is 4.79 Å². The number of fused-ring (bicyclic) bond motifs is 3. The van der Waals surface area contributed by atoms with Gasteiger partial charge in [-0.25, -0.2) is 0 Å². The minimum atomic E-state index is -0.900. The van der Waals surface area contributed by atoms with Gasteiger partial charge in [-0.2, -0.15) is 0 Å². The van der Waals surface area contributed by atoms with Crippen LogP contribution in [0.5, 0.6) is 0 Å². The molecule has 7 atom stereocenters. The van der Waals surface area contributed by atoms with Crippen LogP contribution in [-0.4, -0.2) is 33.5 Å². The highest BCUT2D eigenvalue weighted by Gasteiger charge is 2.68. The smallest absolute Gasteiger partial charge is 0.309 e. The molecule has 0 amide bonds. The number of hydrogen-bond acceptors (Lipinski definition) is 3. The Morgan fingerprint density at radius 1 is 1.08 bits per heavy atom. The molecule has 4 heteroatoms. The lowest BCUT2D eigenvalue weighted by Crippen LogP contribution is -2.58. The Morgan fingerprint density at radius 3 is 2.50 bits per heavy atom. The number of aliphatic hydroxyl groups excluding tert-OH is 1. The summed E-state index contributed by atoms with van der Waals surface area (Å²) in [5, 5.41) is 30.6. The van der Waals surface area contributed by atoms with Crippen LogP contribution < -0.4 is 0 Å². The van der Waals surface area contributed by atoms with Crippen molar-refractivity contribution in [3.8, 4) is 0 Å². The first-order chi connectivity index (χ1) is 11.2. The molecule has 4 nitrogen and oxygen atoms in total. The summed E-state index contributed by atoms with van der Waals surface area (Å²) in [6.07, 6.45) is 8.73. The molecule has 2 bridgehead atoms. The number of aliphatic carboxylic acids is 1. The number of carboxylic acids is 1. The lowest BCUT2D eigenvalue weighted by atomic mass is 9.41. The van der Waals surface area contributed by atoms with Gasteiger partial charge in [0.05, 0.1) is 17.6 Å². The number of carbonyl (C=O) groups is 1. The summed E-state index contributed by atoms with van der Waals surface area (Å²) in [5.74, 6) is 0.348. The van der Waals surface area contributed by atoms with Crippen LogP contribution in [-0.2, 0) is 4.79 Å². The predicted octanol–water partition coefficient (Wildman–Crippen LogP) is 3.21. The second-order valence-electron chi connectivity index (χ2n) is 10.0. The molecule has 0 aromatic rings. The lowest BCUT2D eigenvalue weighted by Gasteiger charge is -2.63. The molecule has 0 aromatic heterocycles. The van der Waals surface area contributed by atoms with Gasteiger partial charge in [0, 0.05) is 0 Å². The molecule has 1 spiro atoms. The first-order valence-corrected chi connectivity index (χ1v) is 9.77. The van der Waals surface area contributed by atoms with Crippen LogP contribution in [0.2, 0.25) is 0 Å². The number of hydrogen-bond donors (Lipinski definition) is 3. The molecule has 0 unspecified atom stereocenters. The third-order valence-electron chi connectivity index (χ3n) is 9.08. The normalized spacial score (nSPS) is 56.4. The van der Waals surface area contributed by atoms with E-state index in [1.165, 1.54) is 0 Å². The van der Waals surface area contributed by atoms with E-state index in [0.717, 1.165) is 57.8 Å². The van der Waals surface area contributed by atoms with Gasteiger partial charge in [-0.1, -0.05) is 13.3 Å². The van der Waals surface area contributed by atoms with Crippen molar-refractivity contribution in [3.05, 3.63) is 0 Å². The first kappa shape index (κ1) is 16.8. The lowest BCUT2D eigenvalue weighted by molar-refractivity contribution is -0.181. The molecule has 4 aliphatic rings. The predicted molar refractivity (Wildman–Crippen MR) is 90.3 cm³/mol. The van der Waals surface area contributed by atoms with Gasteiger partial charge in [0.2, 0.25) is 0 Å². The Morgan fingerprint density at radius 2 is 1.83 bits per heavy atom.